The smallest absolute Gasteiger partial charge is 0.228 e. The summed E-state index contributed by atoms with van der Waals surface area (Å²) in [4.78, 5) is 14.0. The van der Waals surface area contributed by atoms with Crippen molar-refractivity contribution in [2.75, 3.05) is 32.8 Å². The lowest BCUT2D eigenvalue weighted by Crippen LogP contribution is -2.52. The van der Waals surface area contributed by atoms with Crippen LogP contribution >= 0.6 is 0 Å². The molecule has 5 nitrogen and oxygen atoms in total. The van der Waals surface area contributed by atoms with Crippen LogP contribution in [0.25, 0.3) is 0 Å². The van der Waals surface area contributed by atoms with E-state index in [2.05, 4.69) is 5.32 Å². The standard InChI is InChI=1S/C12H20N2O3/c15-10-1-4-17-12(5-10)2-3-14(8-12)11(16)9-6-13-7-9/h9-10,13,15H,1-8H2/t10-,12+/m0/s1. The van der Waals surface area contributed by atoms with E-state index >= 15 is 0 Å². The topological polar surface area (TPSA) is 61.8 Å². The van der Waals surface area contributed by atoms with Crippen molar-refractivity contribution < 1.29 is 14.6 Å². The van der Waals surface area contributed by atoms with Crippen LogP contribution < -0.4 is 5.32 Å². The fraction of sp³-hybridized carbons (Fsp3) is 0.917. The summed E-state index contributed by atoms with van der Waals surface area (Å²) in [7, 11) is 0. The number of nitrogens with one attached hydrogen (secondary N) is 1. The van der Waals surface area contributed by atoms with Crippen molar-refractivity contribution in [1.82, 2.24) is 10.2 Å². The number of nitrogens with zero attached hydrogens (tertiary/aromatic N) is 1. The normalized spacial score (nSPS) is 38.4. The second kappa shape index (κ2) is 4.23. The van der Waals surface area contributed by atoms with Crippen LogP contribution in [0.2, 0.25) is 0 Å². The summed E-state index contributed by atoms with van der Waals surface area (Å²) in [6.45, 7) is 3.69. The van der Waals surface area contributed by atoms with Crippen molar-refractivity contribution >= 4 is 5.91 Å². The first-order chi connectivity index (χ1) is 8.19. The van der Waals surface area contributed by atoms with Crippen molar-refractivity contribution in [1.29, 1.82) is 0 Å². The molecule has 0 aromatic heterocycles. The summed E-state index contributed by atoms with van der Waals surface area (Å²) < 4.78 is 5.84. The highest BCUT2D eigenvalue weighted by Gasteiger charge is 2.45. The van der Waals surface area contributed by atoms with Gasteiger partial charge in [-0.1, -0.05) is 0 Å². The van der Waals surface area contributed by atoms with Gasteiger partial charge in [0, 0.05) is 39.2 Å². The lowest BCUT2D eigenvalue weighted by atomic mass is 9.91. The monoisotopic (exact) mass is 240 g/mol. The Morgan fingerprint density at radius 3 is 2.94 bits per heavy atom. The van der Waals surface area contributed by atoms with Crippen molar-refractivity contribution in [3.8, 4) is 0 Å². The molecule has 2 atom stereocenters. The van der Waals surface area contributed by atoms with Gasteiger partial charge in [0.2, 0.25) is 5.91 Å². The highest BCUT2D eigenvalue weighted by molar-refractivity contribution is 5.80. The molecule has 0 aliphatic carbocycles. The van der Waals surface area contributed by atoms with Gasteiger partial charge in [-0.25, -0.2) is 0 Å². The van der Waals surface area contributed by atoms with Gasteiger partial charge in [0.25, 0.3) is 0 Å². The predicted octanol–water partition coefficient (Wildman–Crippen LogP) is -0.652. The molecule has 3 rings (SSSR count). The van der Waals surface area contributed by atoms with E-state index < -0.39 is 0 Å². The summed E-state index contributed by atoms with van der Waals surface area (Å²) in [5.41, 5.74) is -0.259. The number of carbonyl (C=O) groups excluding carboxylic acids is 1. The number of likely N-dealkylation sites (tertiary alicyclic amines) is 1. The van der Waals surface area contributed by atoms with Crippen LogP contribution in [-0.2, 0) is 9.53 Å². The molecule has 3 heterocycles. The summed E-state index contributed by atoms with van der Waals surface area (Å²) in [5, 5.41) is 12.9. The first-order valence-corrected chi connectivity index (χ1v) is 6.50. The predicted molar refractivity (Wildman–Crippen MR) is 61.5 cm³/mol. The van der Waals surface area contributed by atoms with Crippen LogP contribution in [0, 0.1) is 5.92 Å². The van der Waals surface area contributed by atoms with E-state index in [1.54, 1.807) is 0 Å². The Hall–Kier alpha value is -0.650. The third kappa shape index (κ3) is 2.07. The SMILES string of the molecule is O=C(C1CNC1)N1CC[C@@]2(C[C@@H](O)CCO2)C1. The Morgan fingerprint density at radius 1 is 1.47 bits per heavy atom. The van der Waals surface area contributed by atoms with Gasteiger partial charge in [-0.3, -0.25) is 4.79 Å². The molecule has 0 aromatic carbocycles. The van der Waals surface area contributed by atoms with Crippen molar-refractivity contribution in [2.45, 2.75) is 31.0 Å². The second-order valence-corrected chi connectivity index (χ2v) is 5.54. The average Bonchev–Trinajstić information content (AvgIpc) is 2.59. The number of hydrogen-bond acceptors (Lipinski definition) is 4. The highest BCUT2D eigenvalue weighted by Crippen LogP contribution is 2.34. The fourth-order valence-electron chi connectivity index (χ4n) is 3.04. The molecule has 0 saturated carbocycles. The molecular weight excluding hydrogens is 220 g/mol. The number of hydrogen-bond donors (Lipinski definition) is 2. The van der Waals surface area contributed by atoms with E-state index in [1.165, 1.54) is 0 Å². The molecule has 3 aliphatic heterocycles. The molecular formula is C12H20N2O3. The Morgan fingerprint density at radius 2 is 2.29 bits per heavy atom. The number of aliphatic hydroxyl groups is 1. The zero-order valence-corrected chi connectivity index (χ0v) is 10.0. The van der Waals surface area contributed by atoms with Gasteiger partial charge in [0.1, 0.15) is 0 Å². The summed E-state index contributed by atoms with van der Waals surface area (Å²) in [6, 6.07) is 0. The van der Waals surface area contributed by atoms with Crippen LogP contribution in [-0.4, -0.2) is 60.4 Å². The van der Waals surface area contributed by atoms with E-state index in [4.69, 9.17) is 4.74 Å². The largest absolute Gasteiger partial charge is 0.393 e. The Balaban J connectivity index is 1.62. The Kier molecular flexibility index (Phi) is 2.84. The molecule has 0 aromatic rings. The van der Waals surface area contributed by atoms with E-state index in [9.17, 15) is 9.90 Å². The number of aliphatic hydroxyl groups excluding tert-OH is 1. The van der Waals surface area contributed by atoms with Gasteiger partial charge in [-0.05, 0) is 12.8 Å². The second-order valence-electron chi connectivity index (χ2n) is 5.54. The van der Waals surface area contributed by atoms with Crippen molar-refractivity contribution in [3.63, 3.8) is 0 Å². The number of carbonyl (C=O) groups is 1. The van der Waals surface area contributed by atoms with Gasteiger partial charge in [-0.15, -0.1) is 0 Å². The quantitative estimate of drug-likeness (QED) is 0.639. The fourth-order valence-corrected chi connectivity index (χ4v) is 3.04. The summed E-state index contributed by atoms with van der Waals surface area (Å²) >= 11 is 0. The minimum Gasteiger partial charge on any atom is -0.393 e. The molecule has 5 heteroatoms. The maximum absolute atomic E-state index is 12.1. The molecule has 1 spiro atoms. The van der Waals surface area contributed by atoms with Crippen molar-refractivity contribution in [2.24, 2.45) is 5.92 Å². The summed E-state index contributed by atoms with van der Waals surface area (Å²) in [6.07, 6.45) is 2.02. The van der Waals surface area contributed by atoms with Gasteiger partial charge in [0.15, 0.2) is 0 Å². The molecule has 1 amide bonds. The first-order valence-electron chi connectivity index (χ1n) is 6.50. The van der Waals surface area contributed by atoms with E-state index in [1.807, 2.05) is 4.90 Å². The molecule has 3 saturated heterocycles. The number of amides is 1. The van der Waals surface area contributed by atoms with Crippen molar-refractivity contribution in [3.05, 3.63) is 0 Å². The molecule has 0 bridgehead atoms. The molecule has 3 fully saturated rings. The molecule has 17 heavy (non-hydrogen) atoms. The third-order valence-corrected chi connectivity index (χ3v) is 4.23. The van der Waals surface area contributed by atoms with Crippen LogP contribution in [0.5, 0.6) is 0 Å². The summed E-state index contributed by atoms with van der Waals surface area (Å²) in [5.74, 6) is 0.419. The van der Waals surface area contributed by atoms with E-state index in [-0.39, 0.29) is 23.5 Å². The van der Waals surface area contributed by atoms with Crippen LogP contribution in [0.3, 0.4) is 0 Å². The van der Waals surface area contributed by atoms with Gasteiger partial charge < -0.3 is 20.1 Å². The minimum absolute atomic E-state index is 0.165. The average molecular weight is 240 g/mol. The molecule has 0 radical (unpaired) electrons. The molecule has 0 unspecified atom stereocenters. The van der Waals surface area contributed by atoms with E-state index in [0.29, 0.717) is 19.6 Å². The van der Waals surface area contributed by atoms with E-state index in [0.717, 1.165) is 32.5 Å². The van der Waals surface area contributed by atoms with Crippen LogP contribution in [0.4, 0.5) is 0 Å². The number of rotatable bonds is 1. The van der Waals surface area contributed by atoms with Gasteiger partial charge >= 0.3 is 0 Å². The maximum Gasteiger partial charge on any atom is 0.228 e. The van der Waals surface area contributed by atoms with Gasteiger partial charge in [0.05, 0.1) is 17.6 Å². The Bertz CT molecular complexity index is 319. The van der Waals surface area contributed by atoms with Crippen LogP contribution in [0.15, 0.2) is 0 Å². The highest BCUT2D eigenvalue weighted by atomic mass is 16.5. The maximum atomic E-state index is 12.1. The van der Waals surface area contributed by atoms with Gasteiger partial charge in [-0.2, -0.15) is 0 Å². The number of ether oxygens (including phenoxy) is 1. The first kappa shape index (κ1) is 11.4. The minimum atomic E-state index is -0.260. The molecule has 96 valence electrons. The zero-order chi connectivity index (χ0) is 11.9. The van der Waals surface area contributed by atoms with Crippen LogP contribution in [0.1, 0.15) is 19.3 Å². The lowest BCUT2D eigenvalue weighted by Gasteiger charge is -2.37. The Labute approximate surface area is 101 Å². The lowest BCUT2D eigenvalue weighted by molar-refractivity contribution is -0.141. The zero-order valence-electron chi connectivity index (χ0n) is 10.0. The molecule has 3 aliphatic rings. The third-order valence-electron chi connectivity index (χ3n) is 4.23. The molecule has 2 N–H and O–H groups in total.